The summed E-state index contributed by atoms with van der Waals surface area (Å²) in [5, 5.41) is 1.57. The molecule has 0 aromatic heterocycles. The van der Waals surface area contributed by atoms with E-state index in [0.29, 0.717) is 24.8 Å². The van der Waals surface area contributed by atoms with Crippen molar-refractivity contribution in [2.75, 3.05) is 7.05 Å². The number of aliphatic imine (C=N–C) groups is 2. The molecule has 1 spiro atoms. The summed E-state index contributed by atoms with van der Waals surface area (Å²) >= 11 is 0. The van der Waals surface area contributed by atoms with Crippen LogP contribution in [0.15, 0.2) is 76.7 Å². The van der Waals surface area contributed by atoms with Crippen molar-refractivity contribution in [3.8, 4) is 16.9 Å². The third-order valence-electron chi connectivity index (χ3n) is 7.48. The van der Waals surface area contributed by atoms with Crippen molar-refractivity contribution in [1.29, 1.82) is 0 Å². The Morgan fingerprint density at radius 3 is 2.80 bits per heavy atom. The van der Waals surface area contributed by atoms with E-state index >= 15 is 0 Å². The molecule has 3 aromatic rings. The summed E-state index contributed by atoms with van der Waals surface area (Å²) < 4.78 is 6.71. The maximum absolute atomic E-state index is 6.71. The molecular formula is C29H30N4O2. The number of nitrogens with zero attached hydrogens (tertiary/aromatic N) is 3. The Kier molecular flexibility index (Phi) is 5.33. The molecule has 2 heterocycles. The summed E-state index contributed by atoms with van der Waals surface area (Å²) in [7, 11) is 1.81. The number of hydrogen-bond acceptors (Lipinski definition) is 6. The maximum atomic E-state index is 6.71. The van der Waals surface area contributed by atoms with Crippen LogP contribution in [0, 0.1) is 0 Å². The number of rotatable bonds is 4. The van der Waals surface area contributed by atoms with E-state index in [1.165, 1.54) is 11.1 Å². The van der Waals surface area contributed by atoms with Gasteiger partial charge in [-0.2, -0.15) is 0 Å². The van der Waals surface area contributed by atoms with Gasteiger partial charge in [-0.25, -0.2) is 14.9 Å². The first kappa shape index (κ1) is 21.9. The number of guanidine groups is 1. The summed E-state index contributed by atoms with van der Waals surface area (Å²) in [4.78, 5) is 15.3. The first-order valence-electron chi connectivity index (χ1n) is 12.3. The largest absolute Gasteiger partial charge is 0.489 e. The van der Waals surface area contributed by atoms with E-state index in [4.69, 9.17) is 20.3 Å². The fraction of sp³-hybridized carbons (Fsp3) is 0.310. The van der Waals surface area contributed by atoms with Crippen molar-refractivity contribution < 1.29 is 9.57 Å². The summed E-state index contributed by atoms with van der Waals surface area (Å²) in [5.74, 6) is 1.48. The maximum Gasteiger partial charge on any atom is 0.221 e. The normalized spacial score (nSPS) is 24.9. The highest BCUT2D eigenvalue weighted by molar-refractivity contribution is 5.79. The van der Waals surface area contributed by atoms with Crippen LogP contribution in [0.1, 0.15) is 47.4 Å². The molecule has 35 heavy (non-hydrogen) atoms. The molecule has 178 valence electrons. The molecule has 0 fully saturated rings. The molecule has 6 rings (SSSR count). The fourth-order valence-corrected chi connectivity index (χ4v) is 5.83. The van der Waals surface area contributed by atoms with Gasteiger partial charge in [-0.05, 0) is 72.0 Å². The van der Waals surface area contributed by atoms with Crippen LogP contribution in [-0.2, 0) is 23.5 Å². The van der Waals surface area contributed by atoms with E-state index in [0.717, 1.165) is 47.3 Å². The molecule has 6 nitrogen and oxygen atoms in total. The number of benzene rings is 3. The minimum atomic E-state index is -0.903. The Bertz CT molecular complexity index is 1320. The fourth-order valence-electron chi connectivity index (χ4n) is 5.83. The molecule has 1 aliphatic carbocycles. The lowest BCUT2D eigenvalue weighted by atomic mass is 9.76. The monoisotopic (exact) mass is 466 g/mol. The highest BCUT2D eigenvalue weighted by Gasteiger charge is 2.50. The summed E-state index contributed by atoms with van der Waals surface area (Å²) in [6.45, 7) is 4.21. The zero-order chi connectivity index (χ0) is 24.0. The first-order chi connectivity index (χ1) is 17.1. The summed E-state index contributed by atoms with van der Waals surface area (Å²) in [5.41, 5.74) is 12.4. The van der Waals surface area contributed by atoms with Crippen molar-refractivity contribution in [2.24, 2.45) is 15.7 Å². The van der Waals surface area contributed by atoms with Crippen molar-refractivity contribution in [3.63, 3.8) is 0 Å². The Morgan fingerprint density at radius 1 is 1.11 bits per heavy atom. The second-order valence-corrected chi connectivity index (χ2v) is 9.69. The van der Waals surface area contributed by atoms with Gasteiger partial charge in [-0.3, -0.25) is 4.99 Å². The first-order valence-corrected chi connectivity index (χ1v) is 12.3. The molecule has 3 atom stereocenters. The molecule has 0 bridgehead atoms. The molecule has 3 aromatic carbocycles. The molecule has 2 N–H and O–H groups in total. The van der Waals surface area contributed by atoms with Gasteiger partial charge in [0.05, 0.1) is 12.1 Å². The topological polar surface area (TPSA) is 72.4 Å². The van der Waals surface area contributed by atoms with Gasteiger partial charge in [0.25, 0.3) is 0 Å². The van der Waals surface area contributed by atoms with Crippen LogP contribution in [0.3, 0.4) is 0 Å². The lowest BCUT2D eigenvalue weighted by molar-refractivity contribution is -0.192. The third kappa shape index (κ3) is 3.78. The lowest BCUT2D eigenvalue weighted by Crippen LogP contribution is -2.42. The molecule has 0 saturated carbocycles. The van der Waals surface area contributed by atoms with Crippen molar-refractivity contribution in [1.82, 2.24) is 5.06 Å². The molecule has 1 unspecified atom stereocenters. The van der Waals surface area contributed by atoms with Gasteiger partial charge >= 0.3 is 0 Å². The second-order valence-electron chi connectivity index (χ2n) is 9.69. The van der Waals surface area contributed by atoms with Gasteiger partial charge in [-0.15, -0.1) is 0 Å². The number of aryl methyl sites for hydroxylation is 1. The van der Waals surface area contributed by atoms with Crippen LogP contribution in [0.4, 0.5) is 0 Å². The Morgan fingerprint density at radius 2 is 1.97 bits per heavy atom. The van der Waals surface area contributed by atoms with Gasteiger partial charge in [0.15, 0.2) is 0 Å². The second kappa shape index (κ2) is 8.54. The third-order valence-corrected chi connectivity index (χ3v) is 7.48. The van der Waals surface area contributed by atoms with Crippen molar-refractivity contribution in [3.05, 3.63) is 89.0 Å². The van der Waals surface area contributed by atoms with E-state index < -0.39 is 5.72 Å². The van der Waals surface area contributed by atoms with Crippen LogP contribution in [0.25, 0.3) is 11.1 Å². The van der Waals surface area contributed by atoms with Gasteiger partial charge in [-0.1, -0.05) is 48.5 Å². The number of nitrogens with two attached hydrogens (primary N) is 1. The highest BCUT2D eigenvalue weighted by Crippen LogP contribution is 2.50. The van der Waals surface area contributed by atoms with E-state index in [-0.39, 0.29) is 6.10 Å². The minimum Gasteiger partial charge on any atom is -0.489 e. The number of fused-ring (bicyclic) bond motifs is 3. The van der Waals surface area contributed by atoms with E-state index in [1.807, 2.05) is 13.1 Å². The minimum absolute atomic E-state index is 0.0557. The van der Waals surface area contributed by atoms with E-state index in [9.17, 15) is 0 Å². The average molecular weight is 467 g/mol. The van der Waals surface area contributed by atoms with Gasteiger partial charge < -0.3 is 10.5 Å². The predicted molar refractivity (Wildman–Crippen MR) is 138 cm³/mol. The van der Waals surface area contributed by atoms with Crippen LogP contribution >= 0.6 is 0 Å². The molecule has 0 radical (unpaired) electrons. The van der Waals surface area contributed by atoms with Crippen LogP contribution in [0.2, 0.25) is 0 Å². The molecule has 6 heteroatoms. The average Bonchev–Trinajstić information content (AvgIpc) is 3.16. The smallest absolute Gasteiger partial charge is 0.221 e. The Labute approximate surface area is 206 Å². The zero-order valence-corrected chi connectivity index (χ0v) is 20.0. The highest BCUT2D eigenvalue weighted by atomic mass is 16.7. The van der Waals surface area contributed by atoms with Gasteiger partial charge in [0.1, 0.15) is 11.9 Å². The van der Waals surface area contributed by atoms with E-state index in [1.54, 1.807) is 5.06 Å². The van der Waals surface area contributed by atoms with Crippen LogP contribution < -0.4 is 10.5 Å². The lowest BCUT2D eigenvalue weighted by Gasteiger charge is -2.41. The quantitative estimate of drug-likeness (QED) is 0.539. The van der Waals surface area contributed by atoms with Crippen LogP contribution in [-0.4, -0.2) is 30.9 Å². The predicted octanol–water partition coefficient (Wildman–Crippen LogP) is 5.17. The Hall–Kier alpha value is -3.64. The van der Waals surface area contributed by atoms with Gasteiger partial charge in [0, 0.05) is 19.4 Å². The standard InChI is InChI=1S/C29H30N4O2/c1-31-18-19-7-5-10-21(15-19)22-13-14-26-25(16-22)29(32-28(30)33(2)35-29)17-27(34-26)24-12-6-9-20-8-3-4-11-23(20)24/h3-5,7-8,10-11,13-16,24,27H,1,6,9,12,17-18H2,2H3,(H2,30,32)/t24?,27-,29-/m1/s1. The van der Waals surface area contributed by atoms with Crippen molar-refractivity contribution in [2.45, 2.75) is 50.0 Å². The SMILES string of the molecule is C=NCc1cccc(-c2ccc3c(c2)[C@]2(C[C@H](C4CCCc5ccccc54)O3)N=C(N)N(C)O2)c1. The molecular weight excluding hydrogens is 436 g/mol. The zero-order valence-electron chi connectivity index (χ0n) is 20.0. The number of hydroxylamine groups is 2. The molecule has 0 amide bonds. The summed E-state index contributed by atoms with van der Waals surface area (Å²) in [6, 6.07) is 23.4. The number of ether oxygens (including phenoxy) is 1. The van der Waals surface area contributed by atoms with Crippen molar-refractivity contribution >= 4 is 12.7 Å². The van der Waals surface area contributed by atoms with Gasteiger partial charge in [0.2, 0.25) is 11.7 Å². The molecule has 3 aliphatic rings. The van der Waals surface area contributed by atoms with E-state index in [2.05, 4.69) is 72.4 Å². The number of hydrogen-bond donors (Lipinski definition) is 1. The molecule has 0 saturated heterocycles. The van der Waals surface area contributed by atoms with Crippen LogP contribution in [0.5, 0.6) is 5.75 Å². The Balaban J connectivity index is 1.42. The summed E-state index contributed by atoms with van der Waals surface area (Å²) in [6.07, 6.45) is 3.91. The molecule has 2 aliphatic heterocycles.